The lowest BCUT2D eigenvalue weighted by Gasteiger charge is -2.37. The number of sulfonamides is 1. The molecule has 4 rings (SSSR count). The summed E-state index contributed by atoms with van der Waals surface area (Å²) < 4.78 is 23.7. The SMILES string of the molecule is NS(=O)(=O)c1ccccc1N1CCN(c2cc3ccccc3c(Cl)n2)CC1. The maximum atomic E-state index is 11.9. The molecular weight excluding hydrogens is 384 g/mol. The minimum absolute atomic E-state index is 0.158. The van der Waals surface area contributed by atoms with Crippen LogP contribution >= 0.6 is 11.6 Å². The Bertz CT molecular complexity index is 1100. The van der Waals surface area contributed by atoms with E-state index in [1.807, 2.05) is 41.3 Å². The van der Waals surface area contributed by atoms with E-state index in [-0.39, 0.29) is 4.90 Å². The number of hydrogen-bond donors (Lipinski definition) is 1. The molecule has 8 heteroatoms. The van der Waals surface area contributed by atoms with Crippen LogP contribution in [0.15, 0.2) is 59.5 Å². The number of para-hydroxylation sites is 1. The summed E-state index contributed by atoms with van der Waals surface area (Å²) in [5.41, 5.74) is 0.643. The monoisotopic (exact) mass is 402 g/mol. The van der Waals surface area contributed by atoms with E-state index in [0.717, 1.165) is 16.6 Å². The Labute approximate surface area is 163 Å². The molecule has 1 aliphatic rings. The van der Waals surface area contributed by atoms with Gasteiger partial charge in [0.2, 0.25) is 10.0 Å². The zero-order valence-corrected chi connectivity index (χ0v) is 16.1. The summed E-state index contributed by atoms with van der Waals surface area (Å²) in [6.07, 6.45) is 0. The number of nitrogens with zero attached hydrogens (tertiary/aromatic N) is 3. The highest BCUT2D eigenvalue weighted by molar-refractivity contribution is 7.89. The number of aromatic nitrogens is 1. The molecule has 0 saturated carbocycles. The highest BCUT2D eigenvalue weighted by Crippen LogP contribution is 2.29. The van der Waals surface area contributed by atoms with Gasteiger partial charge in [0.25, 0.3) is 0 Å². The van der Waals surface area contributed by atoms with Crippen LogP contribution in [0, 0.1) is 0 Å². The van der Waals surface area contributed by atoms with E-state index >= 15 is 0 Å². The van der Waals surface area contributed by atoms with E-state index in [4.69, 9.17) is 16.7 Å². The van der Waals surface area contributed by atoms with Gasteiger partial charge in [-0.15, -0.1) is 0 Å². The summed E-state index contributed by atoms with van der Waals surface area (Å²) in [5.74, 6) is 0.832. The third-order valence-corrected chi connectivity index (χ3v) is 6.04. The predicted octanol–water partition coefficient (Wildman–Crippen LogP) is 2.86. The Kier molecular flexibility index (Phi) is 4.67. The summed E-state index contributed by atoms with van der Waals surface area (Å²) in [6.45, 7) is 2.75. The fourth-order valence-electron chi connectivity index (χ4n) is 3.44. The molecule has 1 aliphatic heterocycles. The summed E-state index contributed by atoms with van der Waals surface area (Å²) in [7, 11) is -3.76. The first-order chi connectivity index (χ1) is 12.9. The number of benzene rings is 2. The molecule has 0 amide bonds. The molecule has 2 heterocycles. The standard InChI is InChI=1S/C19H19ClN4O2S/c20-19-15-6-2-1-5-14(15)13-18(22-19)24-11-9-23(10-12-24)16-7-3-4-8-17(16)27(21,25)26/h1-8,13H,9-12H2,(H2,21,25,26). The second-order valence-corrected chi connectivity index (χ2v) is 8.37. The maximum Gasteiger partial charge on any atom is 0.240 e. The van der Waals surface area contributed by atoms with Crippen LogP contribution in [0.2, 0.25) is 5.15 Å². The molecular formula is C19H19ClN4O2S. The second-order valence-electron chi connectivity index (χ2n) is 6.48. The van der Waals surface area contributed by atoms with Crippen LogP contribution in [-0.4, -0.2) is 39.6 Å². The van der Waals surface area contributed by atoms with Crippen LogP contribution in [0.3, 0.4) is 0 Å². The third-order valence-electron chi connectivity index (χ3n) is 4.80. The number of halogens is 1. The molecule has 1 saturated heterocycles. The summed E-state index contributed by atoms with van der Waals surface area (Å²) in [5, 5.41) is 7.84. The van der Waals surface area contributed by atoms with E-state index in [9.17, 15) is 8.42 Å². The van der Waals surface area contributed by atoms with Crippen molar-refractivity contribution in [1.82, 2.24) is 4.98 Å². The average molecular weight is 403 g/mol. The van der Waals surface area contributed by atoms with E-state index < -0.39 is 10.0 Å². The Hall–Kier alpha value is -2.35. The molecule has 27 heavy (non-hydrogen) atoms. The maximum absolute atomic E-state index is 11.9. The van der Waals surface area contributed by atoms with Gasteiger partial charge in [-0.05, 0) is 23.6 Å². The van der Waals surface area contributed by atoms with Crippen molar-refractivity contribution in [3.05, 3.63) is 59.8 Å². The fraction of sp³-hybridized carbons (Fsp3) is 0.211. The Morgan fingerprint density at radius 1 is 0.926 bits per heavy atom. The molecule has 0 atom stereocenters. The molecule has 0 aliphatic carbocycles. The van der Waals surface area contributed by atoms with Crippen molar-refractivity contribution >= 4 is 43.9 Å². The van der Waals surface area contributed by atoms with Crippen LogP contribution in [0.1, 0.15) is 0 Å². The van der Waals surface area contributed by atoms with Gasteiger partial charge in [0.15, 0.2) is 0 Å². The van der Waals surface area contributed by atoms with E-state index in [1.54, 1.807) is 18.2 Å². The number of primary sulfonamides is 1. The zero-order chi connectivity index (χ0) is 19.0. The van der Waals surface area contributed by atoms with Gasteiger partial charge in [-0.2, -0.15) is 0 Å². The van der Waals surface area contributed by atoms with E-state index in [0.29, 0.717) is 37.0 Å². The minimum Gasteiger partial charge on any atom is -0.367 e. The number of rotatable bonds is 3. The molecule has 0 spiro atoms. The number of pyridine rings is 1. The molecule has 1 aromatic heterocycles. The van der Waals surface area contributed by atoms with Crippen molar-refractivity contribution in [2.24, 2.45) is 5.14 Å². The molecule has 140 valence electrons. The zero-order valence-electron chi connectivity index (χ0n) is 14.5. The van der Waals surface area contributed by atoms with Crippen LogP contribution < -0.4 is 14.9 Å². The number of fused-ring (bicyclic) bond motifs is 1. The molecule has 0 unspecified atom stereocenters. The summed E-state index contributed by atoms with van der Waals surface area (Å²) in [4.78, 5) is 8.90. The lowest BCUT2D eigenvalue weighted by Crippen LogP contribution is -2.47. The van der Waals surface area contributed by atoms with Gasteiger partial charge in [-0.25, -0.2) is 18.5 Å². The fourth-order valence-corrected chi connectivity index (χ4v) is 4.46. The lowest BCUT2D eigenvalue weighted by molar-refractivity contribution is 0.595. The van der Waals surface area contributed by atoms with Gasteiger partial charge in [-0.1, -0.05) is 48.0 Å². The Balaban J connectivity index is 1.57. The smallest absolute Gasteiger partial charge is 0.240 e. The van der Waals surface area contributed by atoms with E-state index in [1.165, 1.54) is 0 Å². The van der Waals surface area contributed by atoms with E-state index in [2.05, 4.69) is 9.88 Å². The number of piperazine rings is 1. The summed E-state index contributed by atoms with van der Waals surface area (Å²) in [6, 6.07) is 16.8. The van der Waals surface area contributed by atoms with Crippen LogP contribution in [0.25, 0.3) is 10.8 Å². The van der Waals surface area contributed by atoms with Gasteiger partial charge >= 0.3 is 0 Å². The minimum atomic E-state index is -3.76. The topological polar surface area (TPSA) is 79.5 Å². The first kappa shape index (κ1) is 18.0. The first-order valence-electron chi connectivity index (χ1n) is 8.60. The average Bonchev–Trinajstić information content (AvgIpc) is 2.67. The largest absolute Gasteiger partial charge is 0.367 e. The number of hydrogen-bond acceptors (Lipinski definition) is 5. The van der Waals surface area contributed by atoms with Crippen LogP contribution in [0.4, 0.5) is 11.5 Å². The molecule has 2 aromatic carbocycles. The summed E-state index contributed by atoms with van der Waals surface area (Å²) >= 11 is 6.35. The third kappa shape index (κ3) is 3.58. The molecule has 0 radical (unpaired) electrons. The highest BCUT2D eigenvalue weighted by atomic mass is 35.5. The lowest BCUT2D eigenvalue weighted by atomic mass is 10.1. The van der Waals surface area contributed by atoms with Gasteiger partial charge < -0.3 is 9.80 Å². The Morgan fingerprint density at radius 2 is 1.56 bits per heavy atom. The molecule has 6 nitrogen and oxygen atoms in total. The normalized spacial score (nSPS) is 15.3. The number of nitrogens with two attached hydrogens (primary N) is 1. The van der Waals surface area contributed by atoms with Gasteiger partial charge in [0, 0.05) is 31.6 Å². The van der Waals surface area contributed by atoms with Gasteiger partial charge in [0.05, 0.1) is 5.69 Å². The highest BCUT2D eigenvalue weighted by Gasteiger charge is 2.23. The van der Waals surface area contributed by atoms with Crippen molar-refractivity contribution in [3.8, 4) is 0 Å². The number of anilines is 2. The van der Waals surface area contributed by atoms with Crippen molar-refractivity contribution in [1.29, 1.82) is 0 Å². The molecule has 3 aromatic rings. The van der Waals surface area contributed by atoms with Gasteiger partial charge in [-0.3, -0.25) is 0 Å². The molecule has 0 bridgehead atoms. The Morgan fingerprint density at radius 3 is 2.30 bits per heavy atom. The van der Waals surface area contributed by atoms with Crippen molar-refractivity contribution in [3.63, 3.8) is 0 Å². The van der Waals surface area contributed by atoms with Crippen molar-refractivity contribution in [2.75, 3.05) is 36.0 Å². The predicted molar refractivity (Wildman–Crippen MR) is 109 cm³/mol. The molecule has 1 fully saturated rings. The van der Waals surface area contributed by atoms with Crippen LogP contribution in [0.5, 0.6) is 0 Å². The molecule has 2 N–H and O–H groups in total. The van der Waals surface area contributed by atoms with Gasteiger partial charge in [0.1, 0.15) is 15.9 Å². The quantitative estimate of drug-likeness (QED) is 0.681. The van der Waals surface area contributed by atoms with Crippen molar-refractivity contribution in [2.45, 2.75) is 4.90 Å². The second kappa shape index (κ2) is 6.99. The first-order valence-corrected chi connectivity index (χ1v) is 10.5. The van der Waals surface area contributed by atoms with Crippen LogP contribution in [-0.2, 0) is 10.0 Å². The van der Waals surface area contributed by atoms with Crippen molar-refractivity contribution < 1.29 is 8.42 Å².